The van der Waals surface area contributed by atoms with Gasteiger partial charge < -0.3 is 9.84 Å². The smallest absolute Gasteiger partial charge is 0.306 e. The topological polar surface area (TPSA) is 46.5 Å². The average molecular weight is 641 g/mol. The van der Waals surface area contributed by atoms with Crippen molar-refractivity contribution >= 4 is 5.97 Å². The van der Waals surface area contributed by atoms with E-state index in [4.69, 9.17) is 4.74 Å². The van der Waals surface area contributed by atoms with Crippen molar-refractivity contribution in [1.29, 1.82) is 0 Å². The van der Waals surface area contributed by atoms with Gasteiger partial charge in [0.25, 0.3) is 0 Å². The molecule has 1 N–H and O–H groups in total. The van der Waals surface area contributed by atoms with Crippen LogP contribution in [0.3, 0.4) is 0 Å². The molecule has 0 spiro atoms. The number of unbranched alkanes of at least 4 members (excludes halogenated alkanes) is 12. The van der Waals surface area contributed by atoms with Gasteiger partial charge in [-0.2, -0.15) is 0 Å². The van der Waals surface area contributed by atoms with Crippen LogP contribution in [0.2, 0.25) is 0 Å². The second-order valence-corrected chi connectivity index (χ2v) is 17.7. The lowest BCUT2D eigenvalue weighted by molar-refractivity contribution is -0.169. The number of carbonyl (C=O) groups is 1. The van der Waals surface area contributed by atoms with E-state index in [9.17, 15) is 9.90 Å². The van der Waals surface area contributed by atoms with Crippen LogP contribution in [0, 0.1) is 46.3 Å². The zero-order valence-electron chi connectivity index (χ0n) is 31.4. The summed E-state index contributed by atoms with van der Waals surface area (Å²) in [5, 5.41) is 10.9. The van der Waals surface area contributed by atoms with E-state index >= 15 is 0 Å². The van der Waals surface area contributed by atoms with E-state index in [1.165, 1.54) is 121 Å². The molecule has 266 valence electrons. The molecule has 1 unspecified atom stereocenters. The maximum Gasteiger partial charge on any atom is 0.306 e. The van der Waals surface area contributed by atoms with Gasteiger partial charge in [-0.15, -0.1) is 0 Å². The lowest BCUT2D eigenvalue weighted by Crippen LogP contribution is -2.56. The Balaban J connectivity index is 1.24. The number of carbonyl (C=O) groups excluding carboxylic acids is 1. The van der Waals surface area contributed by atoms with Crippen LogP contribution in [0.4, 0.5) is 0 Å². The molecule has 4 aliphatic rings. The predicted molar refractivity (Wildman–Crippen MR) is 195 cm³/mol. The maximum atomic E-state index is 13.3. The third-order valence-electron chi connectivity index (χ3n) is 14.1. The van der Waals surface area contributed by atoms with Gasteiger partial charge in [0.2, 0.25) is 0 Å². The average Bonchev–Trinajstić information content (AvgIpc) is 3.37. The third-order valence-corrected chi connectivity index (χ3v) is 14.1. The molecule has 0 aromatic carbocycles. The Hall–Kier alpha value is -0.830. The number of ether oxygens (including phenoxy) is 1. The number of allylic oxidation sites excluding steroid dienone is 1. The summed E-state index contributed by atoms with van der Waals surface area (Å²) >= 11 is 0. The van der Waals surface area contributed by atoms with Gasteiger partial charge in [-0.25, -0.2) is 0 Å². The molecule has 0 heterocycles. The Kier molecular flexibility index (Phi) is 15.1. The molecule has 0 aromatic heterocycles. The Bertz CT molecular complexity index is 938. The molecular formula is C43H76O3. The van der Waals surface area contributed by atoms with Crippen molar-refractivity contribution in [2.75, 3.05) is 0 Å². The summed E-state index contributed by atoms with van der Waals surface area (Å²) in [6.45, 7) is 14.6. The number of hydrogen-bond acceptors (Lipinski definition) is 3. The largest absolute Gasteiger partial charge is 0.461 e. The summed E-state index contributed by atoms with van der Waals surface area (Å²) in [5.41, 5.74) is 1.73. The van der Waals surface area contributed by atoms with Gasteiger partial charge in [-0.05, 0) is 85.9 Å². The minimum atomic E-state index is -0.388. The Morgan fingerprint density at radius 2 is 1.48 bits per heavy atom. The lowest BCUT2D eigenvalue weighted by Gasteiger charge is -2.60. The van der Waals surface area contributed by atoms with Crippen LogP contribution >= 0.6 is 0 Å². The number of rotatable bonds is 20. The van der Waals surface area contributed by atoms with Gasteiger partial charge in [0.1, 0.15) is 6.10 Å². The van der Waals surface area contributed by atoms with Crippen LogP contribution in [0.1, 0.15) is 196 Å². The van der Waals surface area contributed by atoms with Crippen molar-refractivity contribution < 1.29 is 14.6 Å². The molecule has 9 atom stereocenters. The van der Waals surface area contributed by atoms with E-state index in [1.54, 1.807) is 0 Å². The monoisotopic (exact) mass is 641 g/mol. The first-order valence-electron chi connectivity index (χ1n) is 20.7. The van der Waals surface area contributed by atoms with Crippen molar-refractivity contribution in [3.05, 3.63) is 11.6 Å². The fourth-order valence-corrected chi connectivity index (χ4v) is 11.4. The molecule has 0 aromatic rings. The summed E-state index contributed by atoms with van der Waals surface area (Å²) in [7, 11) is 0. The molecular weight excluding hydrogens is 564 g/mol. The molecule has 0 saturated heterocycles. The summed E-state index contributed by atoms with van der Waals surface area (Å²) in [6, 6.07) is 0. The molecule has 3 heteroatoms. The molecule has 3 nitrogen and oxygen atoms in total. The van der Waals surface area contributed by atoms with Crippen molar-refractivity contribution in [2.24, 2.45) is 46.3 Å². The van der Waals surface area contributed by atoms with Gasteiger partial charge in [-0.3, -0.25) is 4.79 Å². The van der Waals surface area contributed by atoms with Gasteiger partial charge in [-0.1, -0.05) is 150 Å². The molecule has 4 aliphatic carbocycles. The molecule has 3 fully saturated rings. The summed E-state index contributed by atoms with van der Waals surface area (Å²) in [4.78, 5) is 13.3. The van der Waals surface area contributed by atoms with Crippen LogP contribution < -0.4 is 0 Å². The molecule has 0 radical (unpaired) electrons. The predicted octanol–water partition coefficient (Wildman–Crippen LogP) is 12.4. The Labute approximate surface area is 285 Å². The van der Waals surface area contributed by atoms with Gasteiger partial charge in [0, 0.05) is 18.3 Å². The zero-order chi connectivity index (χ0) is 33.2. The van der Waals surface area contributed by atoms with E-state index in [0.29, 0.717) is 30.1 Å². The molecule has 0 amide bonds. The van der Waals surface area contributed by atoms with Gasteiger partial charge in [0.15, 0.2) is 0 Å². The van der Waals surface area contributed by atoms with E-state index in [-0.39, 0.29) is 23.6 Å². The zero-order valence-corrected chi connectivity index (χ0v) is 31.4. The van der Waals surface area contributed by atoms with E-state index < -0.39 is 0 Å². The van der Waals surface area contributed by atoms with Crippen LogP contribution in [-0.2, 0) is 9.53 Å². The molecule has 4 rings (SSSR count). The fraction of sp³-hybridized carbons (Fsp3) is 0.930. The molecule has 46 heavy (non-hydrogen) atoms. The lowest BCUT2D eigenvalue weighted by atomic mass is 9.46. The van der Waals surface area contributed by atoms with Crippen LogP contribution in [0.25, 0.3) is 0 Å². The van der Waals surface area contributed by atoms with E-state index in [2.05, 4.69) is 47.6 Å². The second kappa shape index (κ2) is 18.2. The summed E-state index contributed by atoms with van der Waals surface area (Å²) in [6.07, 6.45) is 31.6. The highest BCUT2D eigenvalue weighted by atomic mass is 16.5. The fourth-order valence-electron chi connectivity index (χ4n) is 11.4. The summed E-state index contributed by atoms with van der Waals surface area (Å²) < 4.78 is 6.41. The van der Waals surface area contributed by atoms with E-state index in [1.807, 2.05) is 0 Å². The van der Waals surface area contributed by atoms with Crippen molar-refractivity contribution in [1.82, 2.24) is 0 Å². The molecule has 3 saturated carbocycles. The number of esters is 1. The van der Waals surface area contributed by atoms with Crippen LogP contribution in [0.15, 0.2) is 11.6 Å². The number of hydrogen-bond donors (Lipinski definition) is 1. The Morgan fingerprint density at radius 3 is 2.11 bits per heavy atom. The molecule has 0 aliphatic heterocycles. The van der Waals surface area contributed by atoms with Gasteiger partial charge in [0.05, 0.1) is 6.10 Å². The highest BCUT2D eigenvalue weighted by Crippen LogP contribution is 2.67. The molecule has 0 bridgehead atoms. The first-order valence-corrected chi connectivity index (χ1v) is 20.7. The minimum Gasteiger partial charge on any atom is -0.461 e. The summed E-state index contributed by atoms with van der Waals surface area (Å²) in [5.74, 6) is 4.50. The maximum absolute atomic E-state index is 13.3. The Morgan fingerprint density at radius 1 is 0.848 bits per heavy atom. The van der Waals surface area contributed by atoms with Gasteiger partial charge >= 0.3 is 5.97 Å². The highest BCUT2D eigenvalue weighted by Gasteiger charge is 2.61. The minimum absolute atomic E-state index is 0.0262. The first-order chi connectivity index (χ1) is 22.1. The number of aliphatic hydroxyl groups excluding tert-OH is 1. The quantitative estimate of drug-likeness (QED) is 0.0818. The van der Waals surface area contributed by atoms with Crippen molar-refractivity contribution in [3.63, 3.8) is 0 Å². The van der Waals surface area contributed by atoms with Crippen LogP contribution in [0.5, 0.6) is 0 Å². The highest BCUT2D eigenvalue weighted by molar-refractivity contribution is 5.69. The van der Waals surface area contributed by atoms with E-state index in [0.717, 1.165) is 49.4 Å². The standard InChI is InChI=1S/C43H76O3/c1-7-8-9-10-11-12-13-14-15-16-17-18-19-23-41(45)46-40-31-35(44)30-34-24-25-36-38-27-26-37(33(4)22-20-21-32(2)3)42(38,5)29-28-39(36)43(34,40)6/h24,32-33,35-40,44H,7-23,25-31H2,1-6H3/t33-,35+,36+,37-,38+,39+,40?,42-,43+/m1/s1. The second-order valence-electron chi connectivity index (χ2n) is 17.7. The number of fused-ring (bicyclic) bond motifs is 5. The van der Waals surface area contributed by atoms with Crippen LogP contribution in [-0.4, -0.2) is 23.3 Å². The normalized spacial score (nSPS) is 34.5. The number of aliphatic hydroxyl groups is 1. The first kappa shape index (κ1) is 38.0. The SMILES string of the molecule is CCCCCCCCCCCCCCCC(=O)OC1C[C@@H](O)CC2=CC[C@H]3[C@@H]4CC[C@H]([C@H](C)CCCC(C)C)[C@@]4(C)CC[C@@H]3[C@]21C. The third kappa shape index (κ3) is 9.44. The van der Waals surface area contributed by atoms with Crippen molar-refractivity contribution in [2.45, 2.75) is 208 Å². The van der Waals surface area contributed by atoms with Crippen molar-refractivity contribution in [3.8, 4) is 0 Å².